The molecular weight excluding hydrogens is 262 g/mol. The zero-order valence-electron chi connectivity index (χ0n) is 11.5. The molecule has 19 heavy (non-hydrogen) atoms. The Bertz CT molecular complexity index is 439. The van der Waals surface area contributed by atoms with E-state index in [9.17, 15) is 5.11 Å². The smallest absolute Gasteiger partial charge is 0.0682 e. The Hall–Kier alpha value is -0.810. The molecule has 1 aliphatic rings. The van der Waals surface area contributed by atoms with Crippen molar-refractivity contribution in [1.82, 2.24) is 9.80 Å². The highest BCUT2D eigenvalue weighted by molar-refractivity contribution is 6.30. The van der Waals surface area contributed by atoms with Crippen molar-refractivity contribution in [3.05, 3.63) is 28.8 Å². The van der Waals surface area contributed by atoms with Gasteiger partial charge in [0.2, 0.25) is 0 Å². The molecule has 5 heteroatoms. The Morgan fingerprint density at radius 1 is 1.47 bits per heavy atom. The van der Waals surface area contributed by atoms with Crippen LogP contribution in [0, 0.1) is 0 Å². The molecule has 0 bridgehead atoms. The molecule has 0 spiro atoms. The predicted molar refractivity (Wildman–Crippen MR) is 79.2 cm³/mol. The molecule has 2 rings (SSSR count). The highest BCUT2D eigenvalue weighted by Crippen LogP contribution is 2.25. The van der Waals surface area contributed by atoms with Crippen LogP contribution in [-0.4, -0.2) is 54.2 Å². The van der Waals surface area contributed by atoms with Gasteiger partial charge in [0, 0.05) is 36.4 Å². The van der Waals surface area contributed by atoms with Crippen LogP contribution in [-0.2, 0) is 6.54 Å². The van der Waals surface area contributed by atoms with Crippen LogP contribution in [0.3, 0.4) is 0 Å². The Balaban J connectivity index is 2.09. The lowest BCUT2D eigenvalue weighted by atomic mass is 10.1. The topological polar surface area (TPSA) is 52.7 Å². The number of β-amino-alcohol motifs (C(OH)–C–C–N with tert-alkyl or cyclic N) is 1. The van der Waals surface area contributed by atoms with E-state index in [1.54, 1.807) is 6.07 Å². The molecular formula is C14H22ClN3O. The van der Waals surface area contributed by atoms with E-state index in [2.05, 4.69) is 23.9 Å². The molecule has 1 saturated heterocycles. The van der Waals surface area contributed by atoms with Gasteiger partial charge in [-0.1, -0.05) is 11.6 Å². The molecule has 1 aliphatic heterocycles. The lowest BCUT2D eigenvalue weighted by Gasteiger charge is -2.27. The number of aliphatic hydroxyl groups is 1. The largest absolute Gasteiger partial charge is 0.398 e. The van der Waals surface area contributed by atoms with Crippen LogP contribution in [0.15, 0.2) is 18.2 Å². The molecule has 0 amide bonds. The van der Waals surface area contributed by atoms with Crippen LogP contribution in [0.25, 0.3) is 0 Å². The Morgan fingerprint density at radius 2 is 2.21 bits per heavy atom. The van der Waals surface area contributed by atoms with Gasteiger partial charge in [-0.15, -0.1) is 0 Å². The SMILES string of the molecule is CN(C)CC1CC(O)CN1Cc1cc(Cl)ccc1N. The normalized spacial score (nSPS) is 24.3. The van der Waals surface area contributed by atoms with E-state index >= 15 is 0 Å². The van der Waals surface area contributed by atoms with E-state index in [-0.39, 0.29) is 6.10 Å². The summed E-state index contributed by atoms with van der Waals surface area (Å²) in [5, 5.41) is 10.6. The van der Waals surface area contributed by atoms with Crippen molar-refractivity contribution in [1.29, 1.82) is 0 Å². The van der Waals surface area contributed by atoms with Crippen LogP contribution in [0.2, 0.25) is 5.02 Å². The summed E-state index contributed by atoms with van der Waals surface area (Å²) in [7, 11) is 4.10. The van der Waals surface area contributed by atoms with Crippen LogP contribution in [0.1, 0.15) is 12.0 Å². The molecule has 3 N–H and O–H groups in total. The minimum Gasteiger partial charge on any atom is -0.398 e. The fourth-order valence-corrected chi connectivity index (χ4v) is 2.89. The first-order valence-electron chi connectivity index (χ1n) is 6.56. The van der Waals surface area contributed by atoms with Gasteiger partial charge in [0.25, 0.3) is 0 Å². The molecule has 1 aromatic rings. The minimum atomic E-state index is -0.245. The standard InChI is InChI=1S/C14H22ClN3O/c1-17(2)8-12-6-13(19)9-18(12)7-10-5-11(15)3-4-14(10)16/h3-5,12-13,19H,6-9,16H2,1-2H3. The van der Waals surface area contributed by atoms with Crippen molar-refractivity contribution in [3.8, 4) is 0 Å². The number of likely N-dealkylation sites (N-methyl/N-ethyl adjacent to an activating group) is 1. The summed E-state index contributed by atoms with van der Waals surface area (Å²) in [6, 6.07) is 5.92. The number of rotatable bonds is 4. The van der Waals surface area contributed by atoms with Crippen molar-refractivity contribution in [2.75, 3.05) is 32.9 Å². The minimum absolute atomic E-state index is 0.245. The summed E-state index contributed by atoms with van der Waals surface area (Å²) in [4.78, 5) is 4.43. The van der Waals surface area contributed by atoms with Crippen LogP contribution < -0.4 is 5.73 Å². The molecule has 1 aromatic carbocycles. The van der Waals surface area contributed by atoms with E-state index in [4.69, 9.17) is 17.3 Å². The molecule has 2 unspecified atom stereocenters. The molecule has 0 aromatic heterocycles. The van der Waals surface area contributed by atoms with Gasteiger partial charge in [-0.05, 0) is 44.3 Å². The monoisotopic (exact) mass is 283 g/mol. The zero-order valence-corrected chi connectivity index (χ0v) is 12.3. The van der Waals surface area contributed by atoms with Crippen molar-refractivity contribution >= 4 is 17.3 Å². The van der Waals surface area contributed by atoms with Gasteiger partial charge in [-0.25, -0.2) is 0 Å². The third-order valence-electron chi connectivity index (χ3n) is 3.56. The van der Waals surface area contributed by atoms with Crippen LogP contribution in [0.4, 0.5) is 5.69 Å². The summed E-state index contributed by atoms with van der Waals surface area (Å²) in [6.07, 6.45) is 0.573. The highest BCUT2D eigenvalue weighted by atomic mass is 35.5. The van der Waals surface area contributed by atoms with Gasteiger partial charge < -0.3 is 15.7 Å². The van der Waals surface area contributed by atoms with Crippen LogP contribution >= 0.6 is 11.6 Å². The summed E-state index contributed by atoms with van der Waals surface area (Å²) >= 11 is 6.02. The van der Waals surface area contributed by atoms with E-state index in [1.807, 2.05) is 12.1 Å². The second-order valence-electron chi connectivity index (χ2n) is 5.58. The summed E-state index contributed by atoms with van der Waals surface area (Å²) in [5.41, 5.74) is 7.78. The molecule has 106 valence electrons. The highest BCUT2D eigenvalue weighted by Gasteiger charge is 2.31. The number of halogens is 1. The Kier molecular flexibility index (Phi) is 4.68. The van der Waals surface area contributed by atoms with Gasteiger partial charge in [0.05, 0.1) is 6.10 Å². The number of nitrogens with two attached hydrogens (primary N) is 1. The number of benzene rings is 1. The molecule has 0 saturated carbocycles. The summed E-state index contributed by atoms with van der Waals surface area (Å²) in [5.74, 6) is 0. The summed E-state index contributed by atoms with van der Waals surface area (Å²) < 4.78 is 0. The maximum Gasteiger partial charge on any atom is 0.0682 e. The number of aliphatic hydroxyl groups excluding tert-OH is 1. The van der Waals surface area contributed by atoms with E-state index in [0.29, 0.717) is 17.6 Å². The lowest BCUT2D eigenvalue weighted by Crippen LogP contribution is -2.37. The van der Waals surface area contributed by atoms with Gasteiger partial charge in [-0.2, -0.15) is 0 Å². The number of anilines is 1. The van der Waals surface area contributed by atoms with E-state index in [0.717, 1.165) is 30.8 Å². The maximum absolute atomic E-state index is 9.87. The van der Waals surface area contributed by atoms with Crippen LogP contribution in [0.5, 0.6) is 0 Å². The van der Waals surface area contributed by atoms with E-state index < -0.39 is 0 Å². The molecule has 1 fully saturated rings. The third kappa shape index (κ3) is 3.83. The molecule has 1 heterocycles. The number of nitrogens with zero attached hydrogens (tertiary/aromatic N) is 2. The lowest BCUT2D eigenvalue weighted by molar-refractivity contribution is 0.169. The van der Waals surface area contributed by atoms with Gasteiger partial charge in [0.1, 0.15) is 0 Å². The van der Waals surface area contributed by atoms with Crippen molar-refractivity contribution < 1.29 is 5.11 Å². The second-order valence-corrected chi connectivity index (χ2v) is 6.01. The first kappa shape index (κ1) is 14.6. The number of hydrogen-bond donors (Lipinski definition) is 2. The fourth-order valence-electron chi connectivity index (χ4n) is 2.69. The maximum atomic E-state index is 9.87. The second kappa shape index (κ2) is 6.09. The fraction of sp³-hybridized carbons (Fsp3) is 0.571. The van der Waals surface area contributed by atoms with Crippen molar-refractivity contribution in [2.45, 2.75) is 25.1 Å². The third-order valence-corrected chi connectivity index (χ3v) is 3.80. The number of hydrogen-bond acceptors (Lipinski definition) is 4. The average Bonchev–Trinajstić information content (AvgIpc) is 2.63. The molecule has 0 aliphatic carbocycles. The predicted octanol–water partition coefficient (Wildman–Crippen LogP) is 1.42. The number of likely N-dealkylation sites (tertiary alicyclic amines) is 1. The average molecular weight is 284 g/mol. The molecule has 4 nitrogen and oxygen atoms in total. The molecule has 0 radical (unpaired) electrons. The first-order valence-corrected chi connectivity index (χ1v) is 6.94. The first-order chi connectivity index (χ1) is 8.95. The van der Waals surface area contributed by atoms with Gasteiger partial charge >= 0.3 is 0 Å². The number of nitrogen functional groups attached to an aromatic ring is 1. The Labute approximate surface area is 119 Å². The quantitative estimate of drug-likeness (QED) is 0.821. The van der Waals surface area contributed by atoms with Crippen molar-refractivity contribution in [3.63, 3.8) is 0 Å². The van der Waals surface area contributed by atoms with Gasteiger partial charge in [0.15, 0.2) is 0 Å². The molecule has 2 atom stereocenters. The van der Waals surface area contributed by atoms with Crippen molar-refractivity contribution in [2.24, 2.45) is 0 Å². The van der Waals surface area contributed by atoms with Gasteiger partial charge in [-0.3, -0.25) is 4.90 Å². The Morgan fingerprint density at radius 3 is 2.89 bits per heavy atom. The summed E-state index contributed by atoms with van der Waals surface area (Å²) in [6.45, 7) is 2.38. The van der Waals surface area contributed by atoms with E-state index in [1.165, 1.54) is 0 Å². The zero-order chi connectivity index (χ0) is 14.0.